The summed E-state index contributed by atoms with van der Waals surface area (Å²) in [5.41, 5.74) is 5.55. The van der Waals surface area contributed by atoms with Crippen molar-refractivity contribution in [3.8, 4) is 56.4 Å². The van der Waals surface area contributed by atoms with Crippen molar-refractivity contribution in [3.63, 3.8) is 0 Å². The second kappa shape index (κ2) is 10.5. The Balaban J connectivity index is 1.45. The molecule has 0 aliphatic rings. The quantitative estimate of drug-likeness (QED) is 0.211. The minimum Gasteiger partial charge on any atom is -0.456 e. The van der Waals surface area contributed by atoms with Gasteiger partial charge in [0.05, 0.1) is 9.60 Å². The Labute approximate surface area is 258 Å². The molecular weight excluding hydrogens is 526 g/mol. The third-order valence-corrected chi connectivity index (χ3v) is 7.30. The highest BCUT2D eigenvalue weighted by Gasteiger charge is 2.18. The maximum absolute atomic E-state index is 9.01. The molecule has 0 fully saturated rings. The molecule has 0 aliphatic carbocycles. The van der Waals surface area contributed by atoms with Gasteiger partial charge >= 0.3 is 0 Å². The molecule has 0 atom stereocenters. The molecule has 4 nitrogen and oxygen atoms in total. The molecule has 0 radical (unpaired) electrons. The highest BCUT2D eigenvalue weighted by molar-refractivity contribution is 6.11. The molecule has 43 heavy (non-hydrogen) atoms. The van der Waals surface area contributed by atoms with E-state index in [1.165, 1.54) is 0 Å². The van der Waals surface area contributed by atoms with Gasteiger partial charge in [0.1, 0.15) is 11.2 Å². The molecule has 0 spiro atoms. The van der Waals surface area contributed by atoms with Crippen LogP contribution in [0.2, 0.25) is 0 Å². The first-order valence-corrected chi connectivity index (χ1v) is 13.7. The van der Waals surface area contributed by atoms with Gasteiger partial charge in [0.25, 0.3) is 0 Å². The smallest absolute Gasteiger partial charge is 0.164 e. The Morgan fingerprint density at radius 2 is 1.12 bits per heavy atom. The van der Waals surface area contributed by atoms with Crippen LogP contribution in [0.4, 0.5) is 0 Å². The molecule has 4 heteroatoms. The van der Waals surface area contributed by atoms with Crippen molar-refractivity contribution in [1.82, 2.24) is 15.0 Å². The van der Waals surface area contributed by atoms with E-state index in [2.05, 4.69) is 0 Å². The number of hydrogen-bond donors (Lipinski definition) is 0. The van der Waals surface area contributed by atoms with E-state index in [9.17, 15) is 0 Å². The van der Waals surface area contributed by atoms with Gasteiger partial charge in [-0.25, -0.2) is 15.0 Å². The van der Waals surface area contributed by atoms with E-state index in [0.717, 1.165) is 22.3 Å². The van der Waals surface area contributed by atoms with Gasteiger partial charge < -0.3 is 4.42 Å². The fraction of sp³-hybridized carbons (Fsp3) is 0. The van der Waals surface area contributed by atoms with Crippen LogP contribution in [0.15, 0.2) is 156 Å². The summed E-state index contributed by atoms with van der Waals surface area (Å²) in [6, 6.07) is 31.8. The zero-order valence-electron chi connectivity index (χ0n) is 29.6. The zero-order chi connectivity index (χ0) is 34.7. The van der Waals surface area contributed by atoms with Crippen molar-refractivity contribution in [3.05, 3.63) is 151 Å². The minimum atomic E-state index is -0.531. The van der Waals surface area contributed by atoms with E-state index >= 15 is 0 Å². The summed E-state index contributed by atoms with van der Waals surface area (Å²) in [6.07, 6.45) is 0. The highest BCUT2D eigenvalue weighted by atomic mass is 16.3. The van der Waals surface area contributed by atoms with E-state index < -0.39 is 30.2 Å². The first-order chi connectivity index (χ1) is 24.2. The molecule has 8 rings (SSSR count). The van der Waals surface area contributed by atoms with Crippen LogP contribution in [0.25, 0.3) is 78.4 Å². The summed E-state index contributed by atoms with van der Waals surface area (Å²) < 4.78 is 65.6. The predicted octanol–water partition coefficient (Wildman–Crippen LogP) is 10.1. The van der Waals surface area contributed by atoms with Crippen LogP contribution in [0, 0.1) is 0 Å². The molecule has 0 unspecified atom stereocenters. The summed E-state index contributed by atoms with van der Waals surface area (Å²) in [7, 11) is 0. The van der Waals surface area contributed by atoms with Crippen molar-refractivity contribution in [2.45, 2.75) is 0 Å². The zero-order valence-corrected chi connectivity index (χ0v) is 22.6. The van der Waals surface area contributed by atoms with Gasteiger partial charge in [0, 0.05) is 27.5 Å². The molecule has 0 saturated heterocycles. The Morgan fingerprint density at radius 3 is 1.88 bits per heavy atom. The predicted molar refractivity (Wildman–Crippen MR) is 174 cm³/mol. The lowest BCUT2D eigenvalue weighted by Gasteiger charge is -2.14. The second-order valence-electron chi connectivity index (χ2n) is 9.91. The van der Waals surface area contributed by atoms with E-state index in [-0.39, 0.29) is 35.1 Å². The lowest BCUT2D eigenvalue weighted by molar-refractivity contribution is 0.669. The van der Waals surface area contributed by atoms with E-state index in [0.29, 0.717) is 33.1 Å². The topological polar surface area (TPSA) is 51.8 Å². The van der Waals surface area contributed by atoms with Gasteiger partial charge in [0.15, 0.2) is 17.5 Å². The number of furan rings is 1. The number of nitrogens with zero attached hydrogens (tertiary/aromatic N) is 3. The number of rotatable bonds is 5. The average molecular weight is 559 g/mol. The third kappa shape index (κ3) is 4.55. The largest absolute Gasteiger partial charge is 0.456 e. The fourth-order valence-corrected chi connectivity index (χ4v) is 5.33. The maximum atomic E-state index is 9.01. The van der Waals surface area contributed by atoms with Crippen LogP contribution in [0.5, 0.6) is 0 Å². The SMILES string of the molecule is [2H]c1ccc2oc3ccc([2H])c(-c4nc(-c5ccc(-c6ccccc6)c(-c6ccccc6)c5)nc(-c5c([2H])c([2H])c([2H])c([2H])c5[2H])n4)c3c2c1. The first kappa shape index (κ1) is 18.5. The average Bonchev–Trinajstić information content (AvgIpc) is 3.51. The molecule has 0 saturated carbocycles. The van der Waals surface area contributed by atoms with Crippen LogP contribution >= 0.6 is 0 Å². The second-order valence-corrected chi connectivity index (χ2v) is 9.91. The molecular formula is C39H25N3O. The van der Waals surface area contributed by atoms with Crippen LogP contribution < -0.4 is 0 Å². The van der Waals surface area contributed by atoms with Crippen molar-refractivity contribution in [1.29, 1.82) is 0 Å². The van der Waals surface area contributed by atoms with Crippen molar-refractivity contribution in [2.75, 3.05) is 0 Å². The fourth-order valence-electron chi connectivity index (χ4n) is 5.33. The third-order valence-electron chi connectivity index (χ3n) is 7.30. The highest BCUT2D eigenvalue weighted by Crippen LogP contribution is 2.38. The van der Waals surface area contributed by atoms with Gasteiger partial charge in [-0.1, -0.05) is 133 Å². The van der Waals surface area contributed by atoms with E-state index in [4.69, 9.17) is 29.0 Å². The number of hydrogen-bond acceptors (Lipinski definition) is 4. The Morgan fingerprint density at radius 1 is 0.442 bits per heavy atom. The van der Waals surface area contributed by atoms with Gasteiger partial charge in [-0.3, -0.25) is 0 Å². The summed E-state index contributed by atoms with van der Waals surface area (Å²) in [6.45, 7) is 0. The standard InChI is InChI=1S/C39H25N3O/c1-4-13-26(14-5-1)30-24-23-29(25-33(30)27-15-6-2-7-16-27)38-40-37(28-17-8-3-9-18-28)41-39(42-38)32-20-12-22-35-36(32)31-19-10-11-21-34(31)43-35/h1-25H/i3D,8D,9D,10D,17D,18D,20D. The number of para-hydroxylation sites is 1. The lowest BCUT2D eigenvalue weighted by atomic mass is 9.92. The van der Waals surface area contributed by atoms with Crippen molar-refractivity contribution in [2.24, 2.45) is 0 Å². The minimum absolute atomic E-state index is 0.0545. The van der Waals surface area contributed by atoms with E-state index in [1.54, 1.807) is 30.3 Å². The van der Waals surface area contributed by atoms with Gasteiger partial charge in [-0.15, -0.1) is 0 Å². The van der Waals surface area contributed by atoms with Crippen LogP contribution in [-0.4, -0.2) is 15.0 Å². The van der Waals surface area contributed by atoms with Gasteiger partial charge in [-0.05, 0) is 40.5 Å². The van der Waals surface area contributed by atoms with Crippen LogP contribution in [0.3, 0.4) is 0 Å². The Kier molecular flexibility index (Phi) is 4.53. The van der Waals surface area contributed by atoms with Crippen LogP contribution in [-0.2, 0) is 0 Å². The molecule has 0 amide bonds. The summed E-state index contributed by atoms with van der Waals surface area (Å²) in [5.74, 6) is 0.0960. The molecule has 0 bridgehead atoms. The monoisotopic (exact) mass is 558 g/mol. The first-order valence-electron chi connectivity index (χ1n) is 17.2. The molecule has 2 aromatic heterocycles. The summed E-state index contributed by atoms with van der Waals surface area (Å²) >= 11 is 0. The summed E-state index contributed by atoms with van der Waals surface area (Å²) in [5, 5.41) is 1.12. The molecule has 202 valence electrons. The van der Waals surface area contributed by atoms with Gasteiger partial charge in [-0.2, -0.15) is 0 Å². The van der Waals surface area contributed by atoms with Crippen molar-refractivity contribution >= 4 is 21.9 Å². The van der Waals surface area contributed by atoms with Crippen molar-refractivity contribution < 1.29 is 14.0 Å². The lowest BCUT2D eigenvalue weighted by Crippen LogP contribution is -2.01. The van der Waals surface area contributed by atoms with Gasteiger partial charge in [0.2, 0.25) is 0 Å². The maximum Gasteiger partial charge on any atom is 0.164 e. The molecule has 2 heterocycles. The molecule has 8 aromatic rings. The Bertz CT molecular complexity index is 2600. The molecule has 6 aromatic carbocycles. The van der Waals surface area contributed by atoms with Crippen LogP contribution in [0.1, 0.15) is 9.60 Å². The number of fused-ring (bicyclic) bond motifs is 3. The molecule has 0 N–H and O–H groups in total. The summed E-state index contributed by atoms with van der Waals surface area (Å²) in [4.78, 5) is 14.3. The number of benzene rings is 6. The molecule has 0 aliphatic heterocycles. The van der Waals surface area contributed by atoms with E-state index in [1.807, 2.05) is 78.9 Å². The number of aromatic nitrogens is 3. The Hall–Kier alpha value is -5.87. The normalized spacial score (nSPS) is 13.5.